The largest absolute Gasteiger partial charge is 0.504 e. The zero-order chi connectivity index (χ0) is 17.3. The van der Waals surface area contributed by atoms with Gasteiger partial charge in [-0.05, 0) is 36.5 Å². The summed E-state index contributed by atoms with van der Waals surface area (Å²) in [5.41, 5.74) is 2.03. The van der Waals surface area contributed by atoms with Gasteiger partial charge in [-0.1, -0.05) is 26.0 Å². The Bertz CT molecular complexity index is 722. The minimum atomic E-state index is -0.504. The Hall–Kier alpha value is -2.34. The maximum atomic E-state index is 12.5. The predicted molar refractivity (Wildman–Crippen MR) is 90.5 cm³/mol. The predicted octanol–water partition coefficient (Wildman–Crippen LogP) is 2.30. The van der Waals surface area contributed by atoms with Crippen LogP contribution in [0.15, 0.2) is 30.5 Å². The van der Waals surface area contributed by atoms with Gasteiger partial charge in [0, 0.05) is 13.1 Å². The van der Waals surface area contributed by atoms with Gasteiger partial charge in [-0.15, -0.1) is 0 Å². The van der Waals surface area contributed by atoms with Crippen molar-refractivity contribution < 1.29 is 15.0 Å². The normalized spacial score (nSPS) is 18.2. The Balaban J connectivity index is 1.83. The minimum Gasteiger partial charge on any atom is -0.504 e. The van der Waals surface area contributed by atoms with Crippen LogP contribution in [0.3, 0.4) is 0 Å². The van der Waals surface area contributed by atoms with Crippen LogP contribution in [-0.2, 0) is 0 Å². The molecule has 2 aromatic rings. The average Bonchev–Trinajstić information content (AvgIpc) is 2.96. The molecule has 1 atom stereocenters. The summed E-state index contributed by atoms with van der Waals surface area (Å²) in [6.45, 7) is 5.11. The van der Waals surface area contributed by atoms with E-state index in [0.29, 0.717) is 18.9 Å². The number of likely N-dealkylation sites (tertiary alicyclic amines) is 1. The third kappa shape index (κ3) is 3.28. The molecule has 3 rings (SSSR count). The van der Waals surface area contributed by atoms with Crippen molar-refractivity contribution in [3.63, 3.8) is 0 Å². The second-order valence-corrected chi connectivity index (χ2v) is 6.60. The first-order valence-electron chi connectivity index (χ1n) is 8.32. The molecule has 1 aromatic heterocycles. The van der Waals surface area contributed by atoms with Gasteiger partial charge in [-0.25, -0.2) is 4.68 Å². The molecule has 1 aliphatic rings. The molecule has 6 nitrogen and oxygen atoms in total. The molecule has 1 amide bonds. The van der Waals surface area contributed by atoms with E-state index in [-0.39, 0.29) is 23.9 Å². The van der Waals surface area contributed by atoms with Crippen molar-refractivity contribution in [2.75, 3.05) is 13.1 Å². The number of rotatable bonds is 3. The second kappa shape index (κ2) is 6.65. The number of nitrogens with zero attached hydrogens (tertiary/aromatic N) is 3. The van der Waals surface area contributed by atoms with Crippen LogP contribution in [0.2, 0.25) is 0 Å². The molecular weight excluding hydrogens is 306 g/mol. The summed E-state index contributed by atoms with van der Waals surface area (Å²) >= 11 is 0. The van der Waals surface area contributed by atoms with Crippen LogP contribution >= 0.6 is 0 Å². The van der Waals surface area contributed by atoms with Crippen LogP contribution in [0.25, 0.3) is 5.69 Å². The first-order valence-corrected chi connectivity index (χ1v) is 8.32. The van der Waals surface area contributed by atoms with Crippen molar-refractivity contribution in [2.45, 2.75) is 38.7 Å². The summed E-state index contributed by atoms with van der Waals surface area (Å²) in [6, 6.07) is 7.86. The number of hydrogen-bond acceptors (Lipinski definition) is 4. The van der Waals surface area contributed by atoms with Gasteiger partial charge in [0.15, 0.2) is 11.4 Å². The summed E-state index contributed by atoms with van der Waals surface area (Å²) in [4.78, 5) is 14.1. The van der Waals surface area contributed by atoms with Gasteiger partial charge < -0.3 is 15.1 Å². The molecule has 24 heavy (non-hydrogen) atoms. The zero-order valence-corrected chi connectivity index (χ0v) is 14.0. The highest BCUT2D eigenvalue weighted by atomic mass is 16.3. The third-order valence-corrected chi connectivity index (χ3v) is 4.41. The number of aliphatic hydroxyl groups is 1. The smallest absolute Gasteiger partial charge is 0.278 e. The quantitative estimate of drug-likeness (QED) is 0.906. The number of hydrogen-bond donors (Lipinski definition) is 2. The number of piperidine rings is 1. The van der Waals surface area contributed by atoms with Crippen molar-refractivity contribution in [3.8, 4) is 11.4 Å². The van der Waals surface area contributed by atoms with Gasteiger partial charge in [-0.2, -0.15) is 5.10 Å². The molecule has 0 saturated carbocycles. The lowest BCUT2D eigenvalue weighted by molar-refractivity contribution is 0.0466. The van der Waals surface area contributed by atoms with Crippen LogP contribution in [-0.4, -0.2) is 50.0 Å². The summed E-state index contributed by atoms with van der Waals surface area (Å²) < 4.78 is 1.51. The molecule has 0 bridgehead atoms. The van der Waals surface area contributed by atoms with E-state index in [1.165, 1.54) is 16.4 Å². The van der Waals surface area contributed by atoms with Crippen LogP contribution < -0.4 is 0 Å². The lowest BCUT2D eigenvalue weighted by Crippen LogP contribution is -2.42. The number of benzene rings is 1. The monoisotopic (exact) mass is 329 g/mol. The number of β-amino-alcohol motifs (C(OH)–C–C–N with tert-alkyl or cyclic N) is 1. The molecule has 0 spiro atoms. The maximum Gasteiger partial charge on any atom is 0.278 e. The molecule has 1 aliphatic heterocycles. The minimum absolute atomic E-state index is 0.0250. The topological polar surface area (TPSA) is 78.6 Å². The Labute approximate surface area is 141 Å². The van der Waals surface area contributed by atoms with Crippen LogP contribution in [0.4, 0.5) is 0 Å². The highest BCUT2D eigenvalue weighted by Crippen LogP contribution is 2.23. The zero-order valence-electron chi connectivity index (χ0n) is 14.0. The first-order chi connectivity index (χ1) is 11.5. The van der Waals surface area contributed by atoms with Crippen molar-refractivity contribution >= 4 is 5.91 Å². The molecule has 1 fully saturated rings. The second-order valence-electron chi connectivity index (χ2n) is 6.60. The Morgan fingerprint density at radius 2 is 2.00 bits per heavy atom. The lowest BCUT2D eigenvalue weighted by Gasteiger charge is -2.29. The summed E-state index contributed by atoms with van der Waals surface area (Å²) in [7, 11) is 0. The SMILES string of the molecule is CC(C)c1ccc(-n2cc(O)c(C(=O)N3CCCC(O)C3)n2)cc1. The number of aromatic hydroxyl groups is 1. The molecule has 2 heterocycles. The van der Waals surface area contributed by atoms with E-state index < -0.39 is 6.10 Å². The number of aromatic nitrogens is 2. The Kier molecular flexibility index (Phi) is 4.57. The van der Waals surface area contributed by atoms with Gasteiger partial charge in [0.1, 0.15) is 0 Å². The van der Waals surface area contributed by atoms with Crippen molar-refractivity contribution in [3.05, 3.63) is 41.7 Å². The summed E-state index contributed by atoms with van der Waals surface area (Å²) in [5.74, 6) is -0.0514. The average molecular weight is 329 g/mol. The van der Waals surface area contributed by atoms with Gasteiger partial charge in [0.25, 0.3) is 5.91 Å². The van der Waals surface area contributed by atoms with Gasteiger partial charge >= 0.3 is 0 Å². The molecule has 0 aliphatic carbocycles. The highest BCUT2D eigenvalue weighted by Gasteiger charge is 2.27. The molecule has 1 saturated heterocycles. The van der Waals surface area contributed by atoms with Gasteiger partial charge in [-0.3, -0.25) is 4.79 Å². The van der Waals surface area contributed by atoms with E-state index in [9.17, 15) is 15.0 Å². The number of amides is 1. The molecule has 128 valence electrons. The first kappa shape index (κ1) is 16.5. The summed E-state index contributed by atoms with van der Waals surface area (Å²) in [5, 5.41) is 24.1. The van der Waals surface area contributed by atoms with Crippen molar-refractivity contribution in [1.82, 2.24) is 14.7 Å². The lowest BCUT2D eigenvalue weighted by atomic mass is 10.0. The fourth-order valence-corrected chi connectivity index (χ4v) is 2.95. The van der Waals surface area contributed by atoms with E-state index in [0.717, 1.165) is 12.1 Å². The van der Waals surface area contributed by atoms with E-state index >= 15 is 0 Å². The van der Waals surface area contributed by atoms with Gasteiger partial charge in [0.2, 0.25) is 0 Å². The number of carbonyl (C=O) groups is 1. The number of aliphatic hydroxyl groups excluding tert-OH is 1. The van der Waals surface area contributed by atoms with Crippen LogP contribution in [0.1, 0.15) is 48.7 Å². The van der Waals surface area contributed by atoms with E-state index in [2.05, 4.69) is 18.9 Å². The summed E-state index contributed by atoms with van der Waals surface area (Å²) in [6.07, 6.45) is 2.39. The fraction of sp³-hybridized carbons (Fsp3) is 0.444. The maximum absolute atomic E-state index is 12.5. The van der Waals surface area contributed by atoms with Crippen molar-refractivity contribution in [2.24, 2.45) is 0 Å². The highest BCUT2D eigenvalue weighted by molar-refractivity contribution is 5.95. The van der Waals surface area contributed by atoms with E-state index in [1.807, 2.05) is 24.3 Å². The fourth-order valence-electron chi connectivity index (χ4n) is 2.95. The third-order valence-electron chi connectivity index (χ3n) is 4.41. The standard InChI is InChI=1S/C18H23N3O3/c1-12(2)13-5-7-14(8-6-13)21-11-16(23)17(19-21)18(24)20-9-3-4-15(22)10-20/h5-8,11-12,15,22-23H,3-4,9-10H2,1-2H3. The Morgan fingerprint density at radius 1 is 1.29 bits per heavy atom. The molecule has 2 N–H and O–H groups in total. The van der Waals surface area contributed by atoms with E-state index in [1.54, 1.807) is 4.90 Å². The van der Waals surface area contributed by atoms with Crippen molar-refractivity contribution in [1.29, 1.82) is 0 Å². The van der Waals surface area contributed by atoms with Crippen LogP contribution in [0.5, 0.6) is 5.75 Å². The molecule has 0 radical (unpaired) electrons. The molecule has 1 aromatic carbocycles. The van der Waals surface area contributed by atoms with E-state index in [4.69, 9.17) is 0 Å². The molecule has 1 unspecified atom stereocenters. The molecular formula is C18H23N3O3. The van der Waals surface area contributed by atoms with Gasteiger partial charge in [0.05, 0.1) is 18.0 Å². The number of carbonyl (C=O) groups excluding carboxylic acids is 1. The molecule has 6 heteroatoms. The Morgan fingerprint density at radius 3 is 2.62 bits per heavy atom. The van der Waals surface area contributed by atoms with Crippen LogP contribution in [0, 0.1) is 0 Å².